The predicted molar refractivity (Wildman–Crippen MR) is 106 cm³/mol. The Hall–Kier alpha value is -3.87. The molecule has 148 valence electrons. The number of furan rings is 1. The maximum absolute atomic E-state index is 12.4. The third-order valence-corrected chi connectivity index (χ3v) is 4.12. The monoisotopic (exact) mass is 392 g/mol. The predicted octanol–water partition coefficient (Wildman–Crippen LogP) is 2.97. The summed E-state index contributed by atoms with van der Waals surface area (Å²) >= 11 is 0. The van der Waals surface area contributed by atoms with Crippen molar-refractivity contribution < 1.29 is 23.5 Å². The summed E-state index contributed by atoms with van der Waals surface area (Å²) in [5, 5.41) is 0. The van der Waals surface area contributed by atoms with Gasteiger partial charge in [-0.3, -0.25) is 25.2 Å². The van der Waals surface area contributed by atoms with Gasteiger partial charge in [-0.05, 0) is 44.2 Å². The van der Waals surface area contributed by atoms with Gasteiger partial charge in [0.25, 0.3) is 11.8 Å². The topological polar surface area (TPSA) is 97.6 Å². The van der Waals surface area contributed by atoms with Crippen molar-refractivity contribution in [3.63, 3.8) is 0 Å². The van der Waals surface area contributed by atoms with E-state index in [-0.39, 0.29) is 12.4 Å². The van der Waals surface area contributed by atoms with Crippen molar-refractivity contribution in [1.82, 2.24) is 10.9 Å². The molecule has 0 spiro atoms. The van der Waals surface area contributed by atoms with Crippen molar-refractivity contribution in [2.24, 2.45) is 0 Å². The summed E-state index contributed by atoms with van der Waals surface area (Å²) in [5.41, 5.74) is 6.05. The Labute approximate surface area is 167 Å². The van der Waals surface area contributed by atoms with Gasteiger partial charge in [0.1, 0.15) is 17.3 Å². The van der Waals surface area contributed by atoms with E-state index < -0.39 is 11.8 Å². The molecule has 0 atom stereocenters. The van der Waals surface area contributed by atoms with Gasteiger partial charge in [0.15, 0.2) is 12.4 Å². The third kappa shape index (κ3) is 5.10. The van der Waals surface area contributed by atoms with Crippen molar-refractivity contribution in [3.8, 4) is 5.75 Å². The Balaban J connectivity index is 1.48. The molecule has 29 heavy (non-hydrogen) atoms. The molecule has 0 aliphatic heterocycles. The van der Waals surface area contributed by atoms with Crippen LogP contribution in [0.5, 0.6) is 5.75 Å². The third-order valence-electron chi connectivity index (χ3n) is 4.12. The van der Waals surface area contributed by atoms with Crippen molar-refractivity contribution in [2.45, 2.75) is 13.8 Å². The number of ketones is 1. The van der Waals surface area contributed by atoms with E-state index >= 15 is 0 Å². The fraction of sp³-hybridized carbons (Fsp3) is 0.136. The lowest BCUT2D eigenvalue weighted by Gasteiger charge is -2.09. The molecule has 0 aliphatic rings. The van der Waals surface area contributed by atoms with Crippen LogP contribution >= 0.6 is 0 Å². The molecule has 0 saturated carbocycles. The minimum Gasteiger partial charge on any atom is -0.484 e. The zero-order chi connectivity index (χ0) is 20.8. The second kappa shape index (κ2) is 8.88. The zero-order valence-electron chi connectivity index (χ0n) is 16.0. The quantitative estimate of drug-likeness (QED) is 0.496. The second-order valence-corrected chi connectivity index (χ2v) is 6.34. The highest BCUT2D eigenvalue weighted by Crippen LogP contribution is 2.15. The number of hydrogen-bond donors (Lipinski definition) is 2. The lowest BCUT2D eigenvalue weighted by Crippen LogP contribution is -2.43. The standard InChI is InChI=1S/C22H20N2O5/c1-14-12-19(15(2)29-14)22(27)24-23-20(25)13-28-18-10-8-17(9-11-18)21(26)16-6-4-3-5-7-16/h3-12H,13H2,1-2H3,(H,23,25)(H,24,27). The van der Waals surface area contributed by atoms with Gasteiger partial charge >= 0.3 is 0 Å². The molecule has 0 unspecified atom stereocenters. The number of ether oxygens (including phenoxy) is 1. The molecule has 3 aromatic rings. The molecule has 3 rings (SSSR count). The SMILES string of the molecule is Cc1cc(C(=O)NNC(=O)COc2ccc(C(=O)c3ccccc3)cc2)c(C)o1. The van der Waals surface area contributed by atoms with Crippen LogP contribution in [0.15, 0.2) is 65.1 Å². The Morgan fingerprint density at radius 2 is 1.55 bits per heavy atom. The molecule has 2 N–H and O–H groups in total. The molecule has 0 aliphatic carbocycles. The molecule has 0 fully saturated rings. The summed E-state index contributed by atoms with van der Waals surface area (Å²) < 4.78 is 10.7. The van der Waals surface area contributed by atoms with E-state index in [0.29, 0.717) is 34.0 Å². The van der Waals surface area contributed by atoms with Crippen LogP contribution in [0.1, 0.15) is 37.8 Å². The average molecular weight is 392 g/mol. The smallest absolute Gasteiger partial charge is 0.276 e. The molecule has 0 saturated heterocycles. The van der Waals surface area contributed by atoms with E-state index in [1.54, 1.807) is 68.4 Å². The van der Waals surface area contributed by atoms with Crippen LogP contribution < -0.4 is 15.6 Å². The molecule has 0 bridgehead atoms. The molecule has 7 heteroatoms. The molecule has 1 heterocycles. The fourth-order valence-electron chi connectivity index (χ4n) is 2.69. The maximum Gasteiger partial charge on any atom is 0.276 e. The summed E-state index contributed by atoms with van der Waals surface area (Å²) in [7, 11) is 0. The number of amides is 2. The summed E-state index contributed by atoms with van der Waals surface area (Å²) in [6.07, 6.45) is 0. The number of aryl methyl sites for hydroxylation is 2. The Morgan fingerprint density at radius 1 is 0.897 bits per heavy atom. The highest BCUT2D eigenvalue weighted by Gasteiger charge is 2.14. The van der Waals surface area contributed by atoms with Gasteiger partial charge in [0.2, 0.25) is 0 Å². The zero-order valence-corrected chi connectivity index (χ0v) is 16.0. The molecular weight excluding hydrogens is 372 g/mol. The Kier molecular flexibility index (Phi) is 6.09. The van der Waals surface area contributed by atoms with Gasteiger partial charge in [-0.25, -0.2) is 0 Å². The number of carbonyl (C=O) groups excluding carboxylic acids is 3. The lowest BCUT2D eigenvalue weighted by molar-refractivity contribution is -0.123. The van der Waals surface area contributed by atoms with Gasteiger partial charge in [0.05, 0.1) is 5.56 Å². The summed E-state index contributed by atoms with van der Waals surface area (Å²) in [6, 6.07) is 17.0. The van der Waals surface area contributed by atoms with Gasteiger partial charge in [-0.2, -0.15) is 0 Å². The number of hydrogen-bond acceptors (Lipinski definition) is 5. The van der Waals surface area contributed by atoms with Crippen LogP contribution in [0.4, 0.5) is 0 Å². The number of nitrogens with one attached hydrogen (secondary N) is 2. The molecule has 2 amide bonds. The second-order valence-electron chi connectivity index (χ2n) is 6.34. The van der Waals surface area contributed by atoms with Crippen molar-refractivity contribution in [2.75, 3.05) is 6.61 Å². The molecule has 7 nitrogen and oxygen atoms in total. The van der Waals surface area contributed by atoms with Crippen LogP contribution in [0.3, 0.4) is 0 Å². The van der Waals surface area contributed by atoms with Gasteiger partial charge in [-0.15, -0.1) is 0 Å². The van der Waals surface area contributed by atoms with E-state index in [1.807, 2.05) is 6.07 Å². The van der Waals surface area contributed by atoms with Gasteiger partial charge in [-0.1, -0.05) is 30.3 Å². The van der Waals surface area contributed by atoms with Gasteiger partial charge in [0, 0.05) is 11.1 Å². The first-order chi connectivity index (χ1) is 13.9. The molecule has 2 aromatic carbocycles. The Morgan fingerprint density at radius 3 is 2.17 bits per heavy atom. The van der Waals surface area contributed by atoms with E-state index in [4.69, 9.17) is 9.15 Å². The molecule has 1 aromatic heterocycles. The summed E-state index contributed by atoms with van der Waals surface area (Å²) in [5.74, 6) is 0.407. The van der Waals surface area contributed by atoms with Crippen LogP contribution in [-0.4, -0.2) is 24.2 Å². The first kappa shape index (κ1) is 19.9. The first-order valence-corrected chi connectivity index (χ1v) is 8.93. The number of rotatable bonds is 6. The highest BCUT2D eigenvalue weighted by atomic mass is 16.5. The first-order valence-electron chi connectivity index (χ1n) is 8.93. The normalized spacial score (nSPS) is 10.3. The largest absolute Gasteiger partial charge is 0.484 e. The van der Waals surface area contributed by atoms with Crippen LogP contribution in [0.2, 0.25) is 0 Å². The summed E-state index contributed by atoms with van der Waals surface area (Å²) in [4.78, 5) is 36.3. The van der Waals surface area contributed by atoms with Crippen molar-refractivity contribution >= 4 is 17.6 Å². The fourth-order valence-corrected chi connectivity index (χ4v) is 2.69. The van der Waals surface area contributed by atoms with Crippen LogP contribution in [-0.2, 0) is 4.79 Å². The van der Waals surface area contributed by atoms with E-state index in [9.17, 15) is 14.4 Å². The minimum absolute atomic E-state index is 0.0950. The van der Waals surface area contributed by atoms with E-state index in [1.165, 1.54) is 0 Å². The lowest BCUT2D eigenvalue weighted by atomic mass is 10.0. The average Bonchev–Trinajstić information content (AvgIpc) is 3.09. The Bertz CT molecular complexity index is 1020. The van der Waals surface area contributed by atoms with Gasteiger partial charge < -0.3 is 9.15 Å². The number of hydrazine groups is 1. The molecular formula is C22H20N2O5. The van der Waals surface area contributed by atoms with Crippen molar-refractivity contribution in [3.05, 3.63) is 88.9 Å². The highest BCUT2D eigenvalue weighted by molar-refractivity contribution is 6.09. The van der Waals surface area contributed by atoms with E-state index in [0.717, 1.165) is 0 Å². The molecule has 0 radical (unpaired) electrons. The maximum atomic E-state index is 12.4. The van der Waals surface area contributed by atoms with E-state index in [2.05, 4.69) is 10.9 Å². The minimum atomic E-state index is -0.527. The summed E-state index contributed by atoms with van der Waals surface area (Å²) in [6.45, 7) is 3.10. The number of benzene rings is 2. The van der Waals surface area contributed by atoms with Crippen LogP contribution in [0.25, 0.3) is 0 Å². The number of carbonyl (C=O) groups is 3. The van der Waals surface area contributed by atoms with Crippen molar-refractivity contribution in [1.29, 1.82) is 0 Å². The van der Waals surface area contributed by atoms with Crippen LogP contribution in [0, 0.1) is 13.8 Å².